The maximum atomic E-state index is 12.9. The van der Waals surface area contributed by atoms with Crippen LogP contribution in [-0.4, -0.2) is 12.5 Å². The van der Waals surface area contributed by atoms with Crippen LogP contribution in [0.5, 0.6) is 0 Å². The number of aryl methyl sites for hydroxylation is 2. The monoisotopic (exact) mass is 336 g/mol. The number of rotatable bonds is 2. The Morgan fingerprint density at radius 2 is 2.18 bits per heavy atom. The molecule has 0 aliphatic carbocycles. The van der Waals surface area contributed by atoms with Gasteiger partial charge in [0.15, 0.2) is 0 Å². The molecule has 0 fully saturated rings. The number of nitrogen functional groups attached to an aromatic ring is 1. The SMILES string of the molecule is CCc1cc(C(=O)N2CCCc3c(N)cccc32)sc1C.Cl. The number of amides is 1. The third-order valence-electron chi connectivity index (χ3n) is 4.14. The fraction of sp³-hybridized carbons (Fsp3) is 0.353. The summed E-state index contributed by atoms with van der Waals surface area (Å²) >= 11 is 1.60. The molecule has 1 aromatic carbocycles. The number of fused-ring (bicyclic) bond motifs is 1. The molecule has 0 bridgehead atoms. The highest BCUT2D eigenvalue weighted by molar-refractivity contribution is 7.14. The van der Waals surface area contributed by atoms with Crippen molar-refractivity contribution in [2.75, 3.05) is 17.2 Å². The van der Waals surface area contributed by atoms with Gasteiger partial charge in [-0.1, -0.05) is 13.0 Å². The van der Waals surface area contributed by atoms with Crippen LogP contribution in [0.15, 0.2) is 24.3 Å². The molecule has 1 aromatic heterocycles. The Hall–Kier alpha value is -1.52. The van der Waals surface area contributed by atoms with E-state index < -0.39 is 0 Å². The van der Waals surface area contributed by atoms with Gasteiger partial charge >= 0.3 is 0 Å². The van der Waals surface area contributed by atoms with Crippen molar-refractivity contribution in [2.24, 2.45) is 0 Å². The van der Waals surface area contributed by atoms with Crippen LogP contribution in [0, 0.1) is 6.92 Å². The fourth-order valence-electron chi connectivity index (χ4n) is 2.97. The summed E-state index contributed by atoms with van der Waals surface area (Å²) in [7, 11) is 0. The van der Waals surface area contributed by atoms with Gasteiger partial charge in [-0.2, -0.15) is 0 Å². The maximum absolute atomic E-state index is 12.9. The first-order valence-electron chi connectivity index (χ1n) is 7.40. The van der Waals surface area contributed by atoms with Crippen molar-refractivity contribution in [3.8, 4) is 0 Å². The average molecular weight is 337 g/mol. The first-order chi connectivity index (χ1) is 10.1. The van der Waals surface area contributed by atoms with E-state index in [9.17, 15) is 4.79 Å². The van der Waals surface area contributed by atoms with E-state index in [2.05, 4.69) is 13.8 Å². The Morgan fingerprint density at radius 1 is 1.41 bits per heavy atom. The van der Waals surface area contributed by atoms with Crippen molar-refractivity contribution in [2.45, 2.75) is 33.1 Å². The van der Waals surface area contributed by atoms with Gasteiger partial charge in [-0.25, -0.2) is 0 Å². The summed E-state index contributed by atoms with van der Waals surface area (Å²) in [5, 5.41) is 0. The Morgan fingerprint density at radius 3 is 2.86 bits per heavy atom. The molecule has 22 heavy (non-hydrogen) atoms. The minimum atomic E-state index is 0. The van der Waals surface area contributed by atoms with E-state index in [0.29, 0.717) is 0 Å². The molecule has 1 aliphatic rings. The zero-order valence-corrected chi connectivity index (χ0v) is 14.5. The third-order valence-corrected chi connectivity index (χ3v) is 5.23. The molecule has 0 saturated heterocycles. The van der Waals surface area contributed by atoms with Crippen molar-refractivity contribution in [3.63, 3.8) is 0 Å². The van der Waals surface area contributed by atoms with Crippen molar-refractivity contribution < 1.29 is 4.79 Å². The van der Waals surface area contributed by atoms with Crippen LogP contribution in [0.2, 0.25) is 0 Å². The highest BCUT2D eigenvalue weighted by Gasteiger charge is 2.26. The van der Waals surface area contributed by atoms with Gasteiger partial charge < -0.3 is 10.6 Å². The summed E-state index contributed by atoms with van der Waals surface area (Å²) in [6, 6.07) is 7.89. The van der Waals surface area contributed by atoms with Crippen LogP contribution in [-0.2, 0) is 12.8 Å². The average Bonchev–Trinajstić information content (AvgIpc) is 2.87. The number of thiophene rings is 1. The molecular weight excluding hydrogens is 316 g/mol. The topological polar surface area (TPSA) is 46.3 Å². The summed E-state index contributed by atoms with van der Waals surface area (Å²) in [4.78, 5) is 16.8. The second kappa shape index (κ2) is 6.71. The van der Waals surface area contributed by atoms with E-state index in [-0.39, 0.29) is 18.3 Å². The highest BCUT2D eigenvalue weighted by Crippen LogP contribution is 2.33. The van der Waals surface area contributed by atoms with Gasteiger partial charge in [0.2, 0.25) is 0 Å². The maximum Gasteiger partial charge on any atom is 0.268 e. The van der Waals surface area contributed by atoms with E-state index in [1.165, 1.54) is 10.4 Å². The second-order valence-electron chi connectivity index (χ2n) is 5.45. The summed E-state index contributed by atoms with van der Waals surface area (Å²) in [6.45, 7) is 4.98. The second-order valence-corrected chi connectivity index (χ2v) is 6.71. The first-order valence-corrected chi connectivity index (χ1v) is 8.22. The van der Waals surface area contributed by atoms with E-state index in [1.807, 2.05) is 29.2 Å². The fourth-order valence-corrected chi connectivity index (χ4v) is 4.03. The molecule has 2 aromatic rings. The lowest BCUT2D eigenvalue weighted by atomic mass is 9.99. The highest BCUT2D eigenvalue weighted by atomic mass is 35.5. The molecule has 0 saturated carbocycles. The lowest BCUT2D eigenvalue weighted by Crippen LogP contribution is -2.35. The Balaban J connectivity index is 0.00000176. The van der Waals surface area contributed by atoms with E-state index >= 15 is 0 Å². The number of hydrogen-bond donors (Lipinski definition) is 1. The van der Waals surface area contributed by atoms with Gasteiger partial charge in [0.25, 0.3) is 5.91 Å². The Labute approximate surface area is 141 Å². The van der Waals surface area contributed by atoms with E-state index in [1.54, 1.807) is 11.3 Å². The van der Waals surface area contributed by atoms with E-state index in [0.717, 1.165) is 47.6 Å². The largest absolute Gasteiger partial charge is 0.398 e. The third kappa shape index (κ3) is 2.85. The predicted octanol–water partition coefficient (Wildman–Crippen LogP) is 4.22. The zero-order valence-electron chi connectivity index (χ0n) is 12.9. The van der Waals surface area contributed by atoms with Gasteiger partial charge in [0.05, 0.1) is 4.88 Å². The van der Waals surface area contributed by atoms with Crippen LogP contribution < -0.4 is 10.6 Å². The molecule has 118 valence electrons. The quantitative estimate of drug-likeness (QED) is 0.835. The van der Waals surface area contributed by atoms with Crippen LogP contribution in [0.1, 0.15) is 39.0 Å². The molecule has 2 heterocycles. The molecule has 0 atom stereocenters. The van der Waals surface area contributed by atoms with Gasteiger partial charge in [0, 0.05) is 22.8 Å². The van der Waals surface area contributed by atoms with Crippen molar-refractivity contribution in [1.29, 1.82) is 0 Å². The van der Waals surface area contributed by atoms with Gasteiger partial charge in [-0.05, 0) is 55.5 Å². The van der Waals surface area contributed by atoms with E-state index in [4.69, 9.17) is 5.73 Å². The molecular formula is C17H21ClN2OS. The lowest BCUT2D eigenvalue weighted by Gasteiger charge is -2.30. The molecule has 0 spiro atoms. The van der Waals surface area contributed by atoms with Crippen LogP contribution in [0.3, 0.4) is 0 Å². The van der Waals surface area contributed by atoms with Gasteiger partial charge in [-0.3, -0.25) is 4.79 Å². The minimum absolute atomic E-state index is 0. The molecule has 5 heteroatoms. The Bertz CT molecular complexity index is 696. The van der Waals surface area contributed by atoms with Crippen molar-refractivity contribution >= 4 is 41.0 Å². The summed E-state index contributed by atoms with van der Waals surface area (Å²) in [5.41, 5.74) is 10.2. The zero-order chi connectivity index (χ0) is 15.0. The molecule has 1 aliphatic heterocycles. The van der Waals surface area contributed by atoms with Crippen molar-refractivity contribution in [1.82, 2.24) is 0 Å². The number of halogens is 1. The number of nitrogens with zero attached hydrogens (tertiary/aromatic N) is 1. The van der Waals surface area contributed by atoms with Crippen molar-refractivity contribution in [3.05, 3.63) is 45.1 Å². The molecule has 2 N–H and O–H groups in total. The number of nitrogens with two attached hydrogens (primary N) is 1. The van der Waals surface area contributed by atoms with Crippen LogP contribution >= 0.6 is 23.7 Å². The standard InChI is InChI=1S/C17H20N2OS.ClH/c1-3-12-10-16(21-11(12)2)17(20)19-9-5-6-13-14(18)7-4-8-15(13)19;/h4,7-8,10H,3,5-6,9,18H2,1-2H3;1H. The predicted molar refractivity (Wildman–Crippen MR) is 96.5 cm³/mol. The van der Waals surface area contributed by atoms with Crippen LogP contribution in [0.25, 0.3) is 0 Å². The lowest BCUT2D eigenvalue weighted by molar-refractivity contribution is 0.0989. The number of carbonyl (C=O) groups is 1. The number of benzene rings is 1. The number of hydrogen-bond acceptors (Lipinski definition) is 3. The summed E-state index contributed by atoms with van der Waals surface area (Å²) < 4.78 is 0. The van der Waals surface area contributed by atoms with Gasteiger partial charge in [0.1, 0.15) is 0 Å². The molecule has 3 nitrogen and oxygen atoms in total. The molecule has 0 unspecified atom stereocenters. The Kier molecular flexibility index (Phi) is 5.14. The van der Waals surface area contributed by atoms with Gasteiger partial charge in [-0.15, -0.1) is 23.7 Å². The number of carbonyl (C=O) groups excluding carboxylic acids is 1. The van der Waals surface area contributed by atoms with Crippen LogP contribution in [0.4, 0.5) is 11.4 Å². The molecule has 3 rings (SSSR count). The number of anilines is 2. The summed E-state index contributed by atoms with van der Waals surface area (Å²) in [6.07, 6.45) is 2.90. The molecule has 0 radical (unpaired) electrons. The summed E-state index contributed by atoms with van der Waals surface area (Å²) in [5.74, 6) is 0.106. The molecule has 1 amide bonds. The normalized spacial score (nSPS) is 13.5. The smallest absolute Gasteiger partial charge is 0.268 e. The minimum Gasteiger partial charge on any atom is -0.398 e. The first kappa shape index (κ1) is 16.8.